The van der Waals surface area contributed by atoms with Crippen LogP contribution in [0.25, 0.3) is 0 Å². The second kappa shape index (κ2) is 12.0. The Morgan fingerprint density at radius 2 is 1.87 bits per heavy atom. The van der Waals surface area contributed by atoms with Gasteiger partial charge < -0.3 is 20.6 Å². The number of thioether (sulfide) groups is 1. The van der Waals surface area contributed by atoms with Crippen LogP contribution in [-0.2, 0) is 13.1 Å². The molecule has 0 aliphatic carbocycles. The van der Waals surface area contributed by atoms with Gasteiger partial charge in [-0.25, -0.2) is 4.99 Å². The average Bonchev–Trinajstić information content (AvgIpc) is 2.81. The van der Waals surface area contributed by atoms with Gasteiger partial charge in [-0.2, -0.15) is 0 Å². The monoisotopic (exact) mass is 440 g/mol. The summed E-state index contributed by atoms with van der Waals surface area (Å²) in [6.45, 7) is 8.81. The number of nitrogens with zero attached hydrogens (tertiary/aromatic N) is 2. The summed E-state index contributed by atoms with van der Waals surface area (Å²) in [5.41, 5.74) is 5.04. The van der Waals surface area contributed by atoms with Gasteiger partial charge in [0.15, 0.2) is 5.96 Å². The first-order valence-corrected chi connectivity index (χ1v) is 12.5. The van der Waals surface area contributed by atoms with Crippen LogP contribution in [0.2, 0.25) is 0 Å². The number of hydrogen-bond donors (Lipinski definition) is 3. The largest absolute Gasteiger partial charge is 0.396 e. The Labute approximate surface area is 191 Å². The molecule has 0 saturated carbocycles. The van der Waals surface area contributed by atoms with Crippen LogP contribution in [0.5, 0.6) is 0 Å². The summed E-state index contributed by atoms with van der Waals surface area (Å²) in [5, 5.41) is 16.1. The lowest BCUT2D eigenvalue weighted by Crippen LogP contribution is -2.36. The van der Waals surface area contributed by atoms with Gasteiger partial charge in [0.05, 0.1) is 6.54 Å². The van der Waals surface area contributed by atoms with E-state index in [-0.39, 0.29) is 0 Å². The van der Waals surface area contributed by atoms with E-state index in [0.717, 1.165) is 45.0 Å². The lowest BCUT2D eigenvalue weighted by molar-refractivity contribution is 0.203. The molecule has 0 spiro atoms. The van der Waals surface area contributed by atoms with Crippen LogP contribution < -0.4 is 15.5 Å². The first kappa shape index (κ1) is 23.5. The topological polar surface area (TPSA) is 59.9 Å². The smallest absolute Gasteiger partial charge is 0.191 e. The van der Waals surface area contributed by atoms with Crippen molar-refractivity contribution in [2.24, 2.45) is 10.9 Å². The Morgan fingerprint density at radius 3 is 2.52 bits per heavy atom. The lowest BCUT2D eigenvalue weighted by atomic mass is 9.97. The number of benzene rings is 2. The molecular weight excluding hydrogens is 404 g/mol. The Bertz CT molecular complexity index is 845. The van der Waals surface area contributed by atoms with E-state index >= 15 is 0 Å². The van der Waals surface area contributed by atoms with Crippen molar-refractivity contribution in [3.63, 3.8) is 0 Å². The van der Waals surface area contributed by atoms with Crippen LogP contribution >= 0.6 is 11.8 Å². The minimum atomic E-state index is 0.315. The molecule has 0 atom stereocenters. The molecule has 0 bridgehead atoms. The van der Waals surface area contributed by atoms with E-state index in [1.54, 1.807) is 11.8 Å². The van der Waals surface area contributed by atoms with Gasteiger partial charge in [0.25, 0.3) is 0 Å². The molecule has 31 heavy (non-hydrogen) atoms. The van der Waals surface area contributed by atoms with Crippen LogP contribution in [0.15, 0.2) is 52.4 Å². The third-order valence-electron chi connectivity index (χ3n) is 5.83. The maximum Gasteiger partial charge on any atom is 0.191 e. The molecule has 0 radical (unpaired) electrons. The van der Waals surface area contributed by atoms with E-state index in [0.29, 0.717) is 19.1 Å². The second-order valence-corrected chi connectivity index (χ2v) is 8.99. The summed E-state index contributed by atoms with van der Waals surface area (Å²) in [6.07, 6.45) is 4.26. The molecule has 168 valence electrons. The summed E-state index contributed by atoms with van der Waals surface area (Å²) >= 11 is 1.78. The fourth-order valence-electron chi connectivity index (χ4n) is 3.87. The molecule has 0 amide bonds. The van der Waals surface area contributed by atoms with Crippen LogP contribution in [-0.4, -0.2) is 43.6 Å². The third-order valence-corrected chi connectivity index (χ3v) is 6.65. The van der Waals surface area contributed by atoms with E-state index < -0.39 is 0 Å². The molecule has 3 N–H and O–H groups in total. The Balaban J connectivity index is 1.57. The van der Waals surface area contributed by atoms with Gasteiger partial charge in [0.2, 0.25) is 0 Å². The molecule has 3 rings (SSSR count). The lowest BCUT2D eigenvalue weighted by Gasteiger charge is -2.32. The number of guanidine groups is 1. The van der Waals surface area contributed by atoms with Crippen molar-refractivity contribution < 1.29 is 5.11 Å². The molecule has 1 fully saturated rings. The predicted molar refractivity (Wildman–Crippen MR) is 133 cm³/mol. The van der Waals surface area contributed by atoms with Crippen molar-refractivity contribution in [2.75, 3.05) is 37.4 Å². The van der Waals surface area contributed by atoms with Gasteiger partial charge in [0.1, 0.15) is 0 Å². The van der Waals surface area contributed by atoms with E-state index in [9.17, 15) is 5.11 Å². The van der Waals surface area contributed by atoms with Gasteiger partial charge >= 0.3 is 0 Å². The van der Waals surface area contributed by atoms with Crippen molar-refractivity contribution in [3.8, 4) is 0 Å². The van der Waals surface area contributed by atoms with E-state index in [1.165, 1.54) is 27.3 Å². The van der Waals surface area contributed by atoms with E-state index in [1.807, 2.05) is 0 Å². The van der Waals surface area contributed by atoms with Gasteiger partial charge in [0, 0.05) is 43.4 Å². The minimum absolute atomic E-state index is 0.315. The molecule has 0 aromatic heterocycles. The van der Waals surface area contributed by atoms with Crippen molar-refractivity contribution in [2.45, 2.75) is 44.7 Å². The normalized spacial score (nSPS) is 15.2. The zero-order valence-corrected chi connectivity index (χ0v) is 19.8. The summed E-state index contributed by atoms with van der Waals surface area (Å²) in [5.74, 6) is 1.30. The molecule has 0 unspecified atom stereocenters. The first-order valence-electron chi connectivity index (χ1n) is 11.2. The molecule has 5 nitrogen and oxygen atoms in total. The standard InChI is InChI=1S/C25H36N4OS/c1-4-26-25(28-17-22-8-5-19(2)15-24(22)31-3)27-16-20-6-9-23(10-7-20)29-13-11-21(18-30)12-14-29/h5-10,15,21,30H,4,11-14,16-18H2,1-3H3,(H2,26,27,28). The van der Waals surface area contributed by atoms with Crippen molar-refractivity contribution in [3.05, 3.63) is 59.2 Å². The summed E-state index contributed by atoms with van der Waals surface area (Å²) in [7, 11) is 0. The highest BCUT2D eigenvalue weighted by atomic mass is 32.2. The Kier molecular flexibility index (Phi) is 9.10. The van der Waals surface area contributed by atoms with Gasteiger partial charge in [-0.1, -0.05) is 24.3 Å². The third kappa shape index (κ3) is 6.91. The average molecular weight is 441 g/mol. The second-order valence-electron chi connectivity index (χ2n) is 8.14. The number of hydrogen-bond acceptors (Lipinski definition) is 4. The number of anilines is 1. The van der Waals surface area contributed by atoms with Gasteiger partial charge in [-0.05, 0) is 73.8 Å². The van der Waals surface area contributed by atoms with Crippen molar-refractivity contribution in [1.29, 1.82) is 0 Å². The molecule has 1 aliphatic rings. The Morgan fingerprint density at radius 1 is 1.13 bits per heavy atom. The number of aliphatic hydroxyl groups is 1. The highest BCUT2D eigenvalue weighted by Crippen LogP contribution is 2.24. The fraction of sp³-hybridized carbons (Fsp3) is 0.480. The highest BCUT2D eigenvalue weighted by molar-refractivity contribution is 7.98. The zero-order valence-electron chi connectivity index (χ0n) is 19.0. The highest BCUT2D eigenvalue weighted by Gasteiger charge is 2.18. The van der Waals surface area contributed by atoms with Crippen LogP contribution in [0.4, 0.5) is 5.69 Å². The molecular formula is C25H36N4OS. The number of nitrogens with one attached hydrogen (secondary N) is 2. The summed E-state index contributed by atoms with van der Waals surface area (Å²) in [4.78, 5) is 8.50. The van der Waals surface area contributed by atoms with E-state index in [2.05, 4.69) is 78.1 Å². The first-order chi connectivity index (χ1) is 15.1. The fourth-order valence-corrected chi connectivity index (χ4v) is 4.58. The number of aliphatic imine (C=N–C) groups is 1. The SMILES string of the molecule is CCNC(=NCc1ccc(N2CCC(CO)CC2)cc1)NCc1ccc(C)cc1SC. The molecule has 1 heterocycles. The number of rotatable bonds is 8. The molecule has 2 aromatic carbocycles. The number of piperidine rings is 1. The predicted octanol–water partition coefficient (Wildman–Crippen LogP) is 4.18. The van der Waals surface area contributed by atoms with Crippen LogP contribution in [0, 0.1) is 12.8 Å². The van der Waals surface area contributed by atoms with Crippen molar-refractivity contribution in [1.82, 2.24) is 10.6 Å². The van der Waals surface area contributed by atoms with Crippen LogP contribution in [0.3, 0.4) is 0 Å². The summed E-state index contributed by atoms with van der Waals surface area (Å²) in [6, 6.07) is 15.3. The van der Waals surface area contributed by atoms with Crippen LogP contribution in [0.1, 0.15) is 36.5 Å². The molecule has 1 saturated heterocycles. The molecule has 1 aliphatic heterocycles. The quantitative estimate of drug-likeness (QED) is 0.327. The number of aryl methyl sites for hydroxylation is 1. The zero-order chi connectivity index (χ0) is 22.1. The minimum Gasteiger partial charge on any atom is -0.396 e. The molecule has 6 heteroatoms. The molecule has 2 aromatic rings. The maximum absolute atomic E-state index is 9.32. The van der Waals surface area contributed by atoms with Crippen molar-refractivity contribution >= 4 is 23.4 Å². The maximum atomic E-state index is 9.32. The van der Waals surface area contributed by atoms with Gasteiger partial charge in [-0.3, -0.25) is 0 Å². The van der Waals surface area contributed by atoms with Gasteiger partial charge in [-0.15, -0.1) is 11.8 Å². The number of aliphatic hydroxyl groups excluding tert-OH is 1. The van der Waals surface area contributed by atoms with E-state index in [4.69, 9.17) is 4.99 Å². The summed E-state index contributed by atoms with van der Waals surface area (Å²) < 4.78 is 0. The Hall–Kier alpha value is -2.18.